The molecule has 0 spiro atoms. The zero-order valence-corrected chi connectivity index (χ0v) is 70.6. The van der Waals surface area contributed by atoms with Crippen LogP contribution in [0.4, 0.5) is 46.0 Å². The van der Waals surface area contributed by atoms with Gasteiger partial charge in [-0.25, -0.2) is 31.9 Å². The van der Waals surface area contributed by atoms with Gasteiger partial charge < -0.3 is 80.8 Å². The van der Waals surface area contributed by atoms with Crippen molar-refractivity contribution in [3.05, 3.63) is 253 Å². The van der Waals surface area contributed by atoms with Gasteiger partial charge in [-0.3, -0.25) is 19.2 Å². The smallest absolute Gasteiger partial charge is 0.870 e. The molecule has 2 saturated heterocycles. The van der Waals surface area contributed by atoms with Crippen LogP contribution in [0.1, 0.15) is 162 Å². The number of carboxylic acid groups (broad SMARTS) is 3. The van der Waals surface area contributed by atoms with Crippen LogP contribution in [0.15, 0.2) is 170 Å². The van der Waals surface area contributed by atoms with Crippen molar-refractivity contribution in [1.29, 1.82) is 0 Å². The molecule has 1 amide bonds. The van der Waals surface area contributed by atoms with E-state index in [9.17, 15) is 46.6 Å². The summed E-state index contributed by atoms with van der Waals surface area (Å²) in [6, 6.07) is 49.0. The van der Waals surface area contributed by atoms with Crippen molar-refractivity contribution >= 4 is 125 Å². The number of likely N-dealkylation sites (tertiary alicyclic amines) is 1. The van der Waals surface area contributed by atoms with E-state index in [1.54, 1.807) is 72.8 Å². The number of benzene rings is 8. The number of carbonyl (C=O) groups is 7. The van der Waals surface area contributed by atoms with Crippen LogP contribution in [0.5, 0.6) is 0 Å². The van der Waals surface area contributed by atoms with Crippen LogP contribution in [-0.4, -0.2) is 154 Å². The molecule has 17 rings (SSSR count). The molecule has 6 aliphatic rings. The number of Topliss-reactive ketones (excluding diaryl/α,β-unsaturated/α-hetero) is 1. The molecule has 3 fully saturated rings. The van der Waals surface area contributed by atoms with Crippen molar-refractivity contribution in [3.63, 3.8) is 0 Å². The third-order valence-electron chi connectivity index (χ3n) is 21.3. The molecule has 0 atom stereocenters. The number of nitrogens with one attached hydrogen (secondary N) is 4. The number of piperidine rings is 2. The second-order valence-electron chi connectivity index (χ2n) is 29.1. The van der Waals surface area contributed by atoms with Gasteiger partial charge in [-0.1, -0.05) is 34.1 Å². The molecule has 1 aliphatic carbocycles. The number of fused-ring (bicyclic) bond motifs is 9. The fraction of sp³-hybridized carbons (Fsp3) is 0.330. The summed E-state index contributed by atoms with van der Waals surface area (Å²) in [5, 5.41) is 30.4. The number of aromatic amines is 3. The predicted molar refractivity (Wildman–Crippen MR) is 465 cm³/mol. The third kappa shape index (κ3) is 27.0. The summed E-state index contributed by atoms with van der Waals surface area (Å²) < 4.78 is 62.5. The molecule has 30 heteroatoms. The van der Waals surface area contributed by atoms with Crippen molar-refractivity contribution in [1.82, 2.24) is 25.2 Å². The number of nitrogen functional groups attached to an aromatic ring is 1. The zero-order chi connectivity index (χ0) is 82.7. The number of rotatable bonds is 10. The summed E-state index contributed by atoms with van der Waals surface area (Å²) in [5.41, 5.74) is 22.5. The first kappa shape index (κ1) is 99.3. The van der Waals surface area contributed by atoms with E-state index in [1.165, 1.54) is 117 Å². The predicted octanol–water partition coefficient (Wildman–Crippen LogP) is 14.6. The van der Waals surface area contributed by atoms with Crippen LogP contribution in [0.2, 0.25) is 0 Å². The number of methoxy groups -OCH3 is 2. The number of aliphatic carboxylic acids is 2. The standard InChI is InChI=1S/C29H35FN4O.C19H17FN2O2.C18H15FN2O2.C11H12FNO.C8H8INO2.2C2H4O2.2CH4.Li.H2O.Pd/c30-21-7-9-24(10-8-21)34-17-14-28-26(19-34)25-18-20(6-11-27(25)32-28)29(35)31-22-12-15-33(16-13-22)23-4-2-1-3-5-23;1-24-19(23)12-2-7-17-15(10-12)16-11-22(9-8-18(16)21-17)14-5-3-13(20)4-6-14;19-12-2-4-13(5-3-12)21-8-7-17-15(10-21)14-9-11(18(22)23)1-6-16(14)20-17;12-9-1-3-10(4-2-9)13-7-5-11(14)6-8-13;1-12-8(11)5-2-3-7(10)6(9)4-5;2*1-2(3)4;;;;;/h6-11,18,22-23,32H,1-5,12-17,19H2,(H,31,35);2-7,10,21H,8-9,11H2,1H3;1-6,9,20H,7-8,10H2,(H,22,23);1-4H,5-8H2;2-4H,10H2,1H3;2*1H3,(H,3,4);2*1H4;;1H2;/q;;;;;;;;;+1;;/p-1. The molecule has 11 aromatic rings. The fourth-order valence-electron chi connectivity index (χ4n) is 15.3. The number of nitrogens with two attached hydrogens (primary N) is 1. The van der Waals surface area contributed by atoms with E-state index < -0.39 is 17.9 Å². The van der Waals surface area contributed by atoms with Crippen LogP contribution in [0, 0.1) is 26.8 Å². The molecule has 10 N–H and O–H groups in total. The summed E-state index contributed by atoms with van der Waals surface area (Å²) in [5.74, 6) is -3.82. The minimum absolute atomic E-state index is 0. The van der Waals surface area contributed by atoms with E-state index in [4.69, 9.17) is 30.3 Å². The molecule has 0 radical (unpaired) electrons. The normalized spacial score (nSPS) is 14.6. The number of amides is 1. The Kier molecular flexibility index (Phi) is 38.6. The molecular weight excluding hydrogens is 1760 g/mol. The van der Waals surface area contributed by atoms with Gasteiger partial charge in [-0.15, -0.1) is 0 Å². The van der Waals surface area contributed by atoms with Gasteiger partial charge in [0.1, 0.15) is 29.1 Å². The Morgan fingerprint density at radius 2 is 0.777 bits per heavy atom. The SMILES string of the molecule is C.C.CC(=O)O.CC(=O)O.COC(=O)c1ccc(N)c(I)c1.COC(=O)c1ccc2[nH]c3c(c2c1)CN(c1ccc(F)cc1)CC3.O=C(NC1CCN(C2CCCCC2)CC1)c1ccc2[nH]c3c(c2c1)CN(c1ccc(F)cc1)CC3.O=C(O)c1ccc2[nH]c3c(c2c1)CN(c1ccc(F)cc1)CC3.O=C1CCN(c2ccc(F)cc2)CC1.[Li+].[OH-].[Pd]. The van der Waals surface area contributed by atoms with Gasteiger partial charge >= 0.3 is 36.8 Å². The number of anilines is 5. The van der Waals surface area contributed by atoms with E-state index in [2.05, 4.69) is 72.1 Å². The van der Waals surface area contributed by atoms with Gasteiger partial charge in [-0.05, 0) is 218 Å². The monoisotopic (exact) mass is 1860 g/mol. The van der Waals surface area contributed by atoms with E-state index in [0.717, 1.165) is 187 Å². The van der Waals surface area contributed by atoms with Crippen molar-refractivity contribution < 1.29 is 121 Å². The number of carbonyl (C=O) groups excluding carboxylic acids is 4. The van der Waals surface area contributed by atoms with Gasteiger partial charge in [0.25, 0.3) is 17.8 Å². The maximum absolute atomic E-state index is 13.4. The maximum atomic E-state index is 13.4. The Balaban J connectivity index is 0.000000236. The maximum Gasteiger partial charge on any atom is 1.00 e. The average molecular weight is 1860 g/mol. The summed E-state index contributed by atoms with van der Waals surface area (Å²) in [6.07, 6.45) is 12.8. The molecule has 1 saturated carbocycles. The Hall–Kier alpha value is -10.5. The molecule has 23 nitrogen and oxygen atoms in total. The summed E-state index contributed by atoms with van der Waals surface area (Å²) in [4.78, 5) is 98.0. The Bertz CT molecular complexity index is 5270. The number of aromatic nitrogens is 3. The molecular formula is C91H104F4ILiN10O13Pd. The van der Waals surface area contributed by atoms with Crippen LogP contribution < -0.4 is 49.5 Å². The van der Waals surface area contributed by atoms with Crippen LogP contribution in [0.3, 0.4) is 0 Å². The molecule has 8 heterocycles. The van der Waals surface area contributed by atoms with Gasteiger partial charge in [0, 0.05) is 248 Å². The van der Waals surface area contributed by atoms with Gasteiger partial charge in [0.05, 0.1) is 30.9 Å². The minimum Gasteiger partial charge on any atom is -0.870 e. The molecule has 0 unspecified atom stereocenters. The Labute approximate surface area is 741 Å². The molecule has 8 aromatic carbocycles. The Morgan fingerprint density at radius 3 is 1.14 bits per heavy atom. The summed E-state index contributed by atoms with van der Waals surface area (Å²) in [7, 11) is 2.74. The quantitative estimate of drug-likeness (QED) is 0.0207. The van der Waals surface area contributed by atoms with Crippen molar-refractivity contribution in [2.75, 3.05) is 85.4 Å². The third-order valence-corrected chi connectivity index (χ3v) is 22.3. The van der Waals surface area contributed by atoms with Crippen LogP contribution >= 0.6 is 22.6 Å². The zero-order valence-electron chi connectivity index (χ0n) is 66.9. The number of aromatic carboxylic acids is 1. The fourth-order valence-corrected chi connectivity index (χ4v) is 15.9. The summed E-state index contributed by atoms with van der Waals surface area (Å²) >= 11 is 2.07. The largest absolute Gasteiger partial charge is 1.00 e. The number of ether oxygens (including phenoxy) is 2. The molecule has 121 heavy (non-hydrogen) atoms. The van der Waals surface area contributed by atoms with Crippen molar-refractivity contribution in [3.8, 4) is 0 Å². The topological polar surface area (TPSA) is 330 Å². The number of hydrogen-bond acceptors (Lipinski definition) is 16. The number of nitrogens with zero attached hydrogens (tertiary/aromatic N) is 5. The number of halogens is 5. The van der Waals surface area contributed by atoms with Crippen LogP contribution in [-0.2, 0) is 83.2 Å². The number of H-pyrrole nitrogens is 3. The number of carboxylic acids is 3. The number of hydrogen-bond donors (Lipinski definition) is 8. The van der Waals surface area contributed by atoms with Gasteiger partial charge in [-0.2, -0.15) is 0 Å². The van der Waals surface area contributed by atoms with Gasteiger partial charge in [0.2, 0.25) is 0 Å². The molecule has 0 bridgehead atoms. The Morgan fingerprint density at radius 1 is 0.455 bits per heavy atom. The molecule has 642 valence electrons. The van der Waals surface area contributed by atoms with E-state index in [0.29, 0.717) is 47.5 Å². The van der Waals surface area contributed by atoms with Crippen molar-refractivity contribution in [2.24, 2.45) is 0 Å². The first-order valence-electron chi connectivity index (χ1n) is 38.6. The second kappa shape index (κ2) is 47.1. The van der Waals surface area contributed by atoms with E-state index >= 15 is 0 Å². The number of ketones is 1. The van der Waals surface area contributed by atoms with Crippen LogP contribution in [0.25, 0.3) is 32.7 Å². The molecule has 3 aromatic heterocycles. The second-order valence-corrected chi connectivity index (χ2v) is 30.3. The van der Waals surface area contributed by atoms with E-state index in [1.807, 2.05) is 48.5 Å². The number of esters is 2. The first-order valence-corrected chi connectivity index (χ1v) is 39.7. The van der Waals surface area contributed by atoms with E-state index in [-0.39, 0.29) is 107 Å². The average Bonchev–Trinajstić information content (AvgIpc) is 1.64. The van der Waals surface area contributed by atoms with Gasteiger partial charge in [0.15, 0.2) is 0 Å². The minimum atomic E-state index is -0.923. The van der Waals surface area contributed by atoms with Crippen molar-refractivity contribution in [2.45, 2.75) is 137 Å². The summed E-state index contributed by atoms with van der Waals surface area (Å²) in [6.45, 7) is 10.6. The molecule has 5 aliphatic heterocycles. The first-order chi connectivity index (χ1) is 55.8.